The van der Waals surface area contributed by atoms with Crippen LogP contribution in [0.4, 0.5) is 0 Å². The van der Waals surface area contributed by atoms with E-state index in [1.54, 1.807) is 6.08 Å². The highest BCUT2D eigenvalue weighted by Gasteiger charge is 2.28. The minimum absolute atomic E-state index is 0.106. The average Bonchev–Trinajstić information content (AvgIpc) is 2.93. The maximum atomic E-state index is 12.2. The van der Waals surface area contributed by atoms with Crippen LogP contribution in [0.3, 0.4) is 0 Å². The summed E-state index contributed by atoms with van der Waals surface area (Å²) < 4.78 is 33.5. The molecule has 1 aliphatic rings. The molecule has 8 heteroatoms. The molecule has 3 rings (SSSR count). The molecule has 1 aromatic heterocycles. The summed E-state index contributed by atoms with van der Waals surface area (Å²) in [6.07, 6.45) is 2.60. The van der Waals surface area contributed by atoms with Gasteiger partial charge in [-0.15, -0.1) is 11.3 Å². The van der Waals surface area contributed by atoms with Gasteiger partial charge in [-0.25, -0.2) is 0 Å². The van der Waals surface area contributed by atoms with Crippen LogP contribution in [0.1, 0.15) is 15.2 Å². The van der Waals surface area contributed by atoms with E-state index >= 15 is 0 Å². The van der Waals surface area contributed by atoms with Gasteiger partial charge >= 0.3 is 10.1 Å². The molecule has 0 radical (unpaired) electrons. The van der Waals surface area contributed by atoms with Crippen molar-refractivity contribution in [2.45, 2.75) is 0 Å². The SMILES string of the molecule is CS(=O)(=O)Oc1ccc2c(c1)O/C(=C\c1cc(Br)cs1)C2=O. The van der Waals surface area contributed by atoms with Crippen LogP contribution >= 0.6 is 27.3 Å². The normalized spacial score (nSPS) is 15.7. The molecule has 0 saturated heterocycles. The van der Waals surface area contributed by atoms with Crippen LogP contribution in [0.15, 0.2) is 39.9 Å². The molecule has 0 atom stereocenters. The lowest BCUT2D eigenvalue weighted by molar-refractivity contribution is 0.101. The van der Waals surface area contributed by atoms with Gasteiger partial charge in [0.15, 0.2) is 5.76 Å². The number of hydrogen-bond donors (Lipinski definition) is 0. The Morgan fingerprint density at radius 3 is 2.73 bits per heavy atom. The summed E-state index contributed by atoms with van der Waals surface area (Å²) in [7, 11) is -3.63. The van der Waals surface area contributed by atoms with Crippen molar-refractivity contribution in [2.24, 2.45) is 0 Å². The van der Waals surface area contributed by atoms with E-state index in [2.05, 4.69) is 15.9 Å². The van der Waals surface area contributed by atoms with Crippen molar-refractivity contribution in [3.8, 4) is 11.5 Å². The number of ketones is 1. The minimum atomic E-state index is -3.63. The number of hydrogen-bond acceptors (Lipinski definition) is 6. The van der Waals surface area contributed by atoms with Gasteiger partial charge in [0.25, 0.3) is 0 Å². The summed E-state index contributed by atoms with van der Waals surface area (Å²) in [4.78, 5) is 13.1. The molecule has 0 unspecified atom stereocenters. The third-order valence-corrected chi connectivity index (χ3v) is 4.89. The molecule has 1 aromatic carbocycles. The molecule has 1 aliphatic heterocycles. The van der Waals surface area contributed by atoms with Crippen molar-refractivity contribution in [2.75, 3.05) is 6.26 Å². The molecule has 5 nitrogen and oxygen atoms in total. The number of benzene rings is 1. The fourth-order valence-corrected chi connectivity index (χ4v) is 3.75. The fraction of sp³-hybridized carbons (Fsp3) is 0.0714. The van der Waals surface area contributed by atoms with Crippen molar-refractivity contribution in [3.63, 3.8) is 0 Å². The smallest absolute Gasteiger partial charge is 0.306 e. The molecule has 2 aromatic rings. The second-order valence-electron chi connectivity index (χ2n) is 4.55. The Balaban J connectivity index is 1.92. The molecule has 0 bridgehead atoms. The maximum absolute atomic E-state index is 12.2. The van der Waals surface area contributed by atoms with Gasteiger partial charge in [-0.05, 0) is 34.1 Å². The van der Waals surface area contributed by atoms with Crippen LogP contribution in [0.25, 0.3) is 6.08 Å². The lowest BCUT2D eigenvalue weighted by atomic mass is 10.1. The number of halogens is 1. The first-order valence-electron chi connectivity index (χ1n) is 6.03. The number of rotatable bonds is 3. The standard InChI is InChI=1S/C14H9BrO5S2/c1-22(17,18)20-9-2-3-11-12(5-9)19-13(14(11)16)6-10-4-8(15)7-21-10/h2-7H,1H3/b13-6-. The predicted octanol–water partition coefficient (Wildman–Crippen LogP) is 3.47. The van der Waals surface area contributed by atoms with Crippen LogP contribution in [0.5, 0.6) is 11.5 Å². The molecule has 2 heterocycles. The Morgan fingerprint density at radius 2 is 2.09 bits per heavy atom. The Morgan fingerprint density at radius 1 is 1.32 bits per heavy atom. The number of thiophene rings is 1. The summed E-state index contributed by atoms with van der Waals surface area (Å²) in [6.45, 7) is 0. The lowest BCUT2D eigenvalue weighted by Crippen LogP contribution is -2.05. The van der Waals surface area contributed by atoms with Crippen molar-refractivity contribution < 1.29 is 22.1 Å². The van der Waals surface area contributed by atoms with E-state index in [9.17, 15) is 13.2 Å². The van der Waals surface area contributed by atoms with Gasteiger partial charge in [0, 0.05) is 26.9 Å². The van der Waals surface area contributed by atoms with Crippen molar-refractivity contribution >= 4 is 49.2 Å². The molecule has 22 heavy (non-hydrogen) atoms. The molecule has 0 N–H and O–H groups in total. The van der Waals surface area contributed by atoms with E-state index in [-0.39, 0.29) is 23.0 Å². The van der Waals surface area contributed by atoms with E-state index < -0.39 is 10.1 Å². The summed E-state index contributed by atoms with van der Waals surface area (Å²) in [5, 5.41) is 1.90. The topological polar surface area (TPSA) is 69.7 Å². The first-order valence-corrected chi connectivity index (χ1v) is 9.52. The molecular weight excluding hydrogens is 392 g/mol. The number of Topliss-reactive ketones (excluding diaryl/α,β-unsaturated/α-hetero) is 1. The zero-order valence-corrected chi connectivity index (χ0v) is 14.4. The van der Waals surface area contributed by atoms with E-state index in [0.29, 0.717) is 5.56 Å². The second kappa shape index (κ2) is 5.53. The Kier molecular flexibility index (Phi) is 3.84. The lowest BCUT2D eigenvalue weighted by Gasteiger charge is -2.03. The third kappa shape index (κ3) is 3.23. The van der Waals surface area contributed by atoms with E-state index in [1.807, 2.05) is 11.4 Å². The highest BCUT2D eigenvalue weighted by atomic mass is 79.9. The molecule has 0 aliphatic carbocycles. The van der Waals surface area contributed by atoms with Crippen molar-refractivity contribution in [1.29, 1.82) is 0 Å². The number of carbonyl (C=O) groups excluding carboxylic acids is 1. The molecule has 0 saturated carbocycles. The van der Waals surface area contributed by atoms with Crippen molar-refractivity contribution in [1.82, 2.24) is 0 Å². The van der Waals surface area contributed by atoms with Gasteiger partial charge in [0.2, 0.25) is 5.78 Å². The largest absolute Gasteiger partial charge is 0.452 e. The minimum Gasteiger partial charge on any atom is -0.452 e. The molecular formula is C14H9BrO5S2. The summed E-state index contributed by atoms with van der Waals surface area (Å²) in [5.74, 6) is 0.341. The summed E-state index contributed by atoms with van der Waals surface area (Å²) in [6, 6.07) is 6.17. The quantitative estimate of drug-likeness (QED) is 0.582. The Labute approximate surface area is 139 Å². The monoisotopic (exact) mass is 400 g/mol. The number of ether oxygens (including phenoxy) is 1. The van der Waals surface area contributed by atoms with Crippen molar-refractivity contribution in [3.05, 3.63) is 50.3 Å². The highest BCUT2D eigenvalue weighted by Crippen LogP contribution is 2.35. The third-order valence-electron chi connectivity index (χ3n) is 2.75. The molecule has 114 valence electrons. The fourth-order valence-electron chi connectivity index (χ4n) is 1.93. The average molecular weight is 401 g/mol. The predicted molar refractivity (Wildman–Crippen MR) is 86.9 cm³/mol. The van der Waals surface area contributed by atoms with Crippen LogP contribution in [0.2, 0.25) is 0 Å². The summed E-state index contributed by atoms with van der Waals surface area (Å²) >= 11 is 4.81. The van der Waals surface area contributed by atoms with Crippen LogP contribution in [-0.2, 0) is 10.1 Å². The number of carbonyl (C=O) groups is 1. The van der Waals surface area contributed by atoms with E-state index in [0.717, 1.165) is 15.6 Å². The van der Waals surface area contributed by atoms with E-state index in [1.165, 1.54) is 29.5 Å². The zero-order valence-electron chi connectivity index (χ0n) is 11.2. The number of fused-ring (bicyclic) bond motifs is 1. The Hall–Kier alpha value is -1.64. The summed E-state index contributed by atoms with van der Waals surface area (Å²) in [5.41, 5.74) is 0.378. The van der Waals surface area contributed by atoms with Crippen LogP contribution in [0, 0.1) is 0 Å². The van der Waals surface area contributed by atoms with Gasteiger partial charge in [0.05, 0.1) is 11.8 Å². The first kappa shape index (κ1) is 15.3. The van der Waals surface area contributed by atoms with Gasteiger partial charge in [0.1, 0.15) is 11.5 Å². The van der Waals surface area contributed by atoms with Gasteiger partial charge in [-0.1, -0.05) is 0 Å². The van der Waals surface area contributed by atoms with Gasteiger partial charge < -0.3 is 8.92 Å². The number of allylic oxidation sites excluding steroid dienone is 1. The van der Waals surface area contributed by atoms with Crippen LogP contribution < -0.4 is 8.92 Å². The highest BCUT2D eigenvalue weighted by molar-refractivity contribution is 9.10. The Bertz CT molecular complexity index is 896. The zero-order chi connectivity index (χ0) is 15.9. The van der Waals surface area contributed by atoms with Gasteiger partial charge in [-0.2, -0.15) is 8.42 Å². The van der Waals surface area contributed by atoms with E-state index in [4.69, 9.17) is 8.92 Å². The van der Waals surface area contributed by atoms with Crippen LogP contribution in [-0.4, -0.2) is 20.5 Å². The molecule has 0 fully saturated rings. The second-order valence-corrected chi connectivity index (χ2v) is 7.99. The molecule has 0 amide bonds. The first-order chi connectivity index (χ1) is 10.3. The van der Waals surface area contributed by atoms with Gasteiger partial charge in [-0.3, -0.25) is 4.79 Å². The molecule has 0 spiro atoms. The maximum Gasteiger partial charge on any atom is 0.306 e.